The van der Waals surface area contributed by atoms with Crippen molar-refractivity contribution >= 4 is 56.8 Å². The molecule has 4 nitrogen and oxygen atoms in total. The summed E-state index contributed by atoms with van der Waals surface area (Å²) in [5, 5.41) is 13.6. The maximum Gasteiger partial charge on any atom is 0.258 e. The summed E-state index contributed by atoms with van der Waals surface area (Å²) in [6.07, 6.45) is 0. The van der Waals surface area contributed by atoms with Crippen molar-refractivity contribution in [3.63, 3.8) is 0 Å². The first-order valence-electron chi connectivity index (χ1n) is 6.49. The highest BCUT2D eigenvalue weighted by Gasteiger charge is 2.14. The predicted molar refractivity (Wildman–Crippen MR) is 95.5 cm³/mol. The maximum atomic E-state index is 12.2. The second-order valence-electron chi connectivity index (χ2n) is 4.52. The molecule has 0 saturated carbocycles. The highest BCUT2D eigenvalue weighted by Crippen LogP contribution is 2.30. The number of carbonyl (C=O) groups excluding carboxylic acids is 1. The molecule has 0 saturated heterocycles. The Labute approximate surface area is 144 Å². The second kappa shape index (κ2) is 6.91. The minimum Gasteiger partial charge on any atom is -0.296 e. The van der Waals surface area contributed by atoms with Crippen LogP contribution < -0.4 is 5.32 Å². The standard InChI is InChI=1S/C14H13N3OS4/c1-8-6-11(9(2)21-8)12(18)15-13-16-17-14(22-13)20-7-10-4-3-5-19-10/h3-6H,7H2,1-2H3,(H,15,16,18). The lowest BCUT2D eigenvalue weighted by Crippen LogP contribution is -2.11. The zero-order chi connectivity index (χ0) is 15.5. The number of aryl methyl sites for hydroxylation is 2. The molecule has 3 rings (SSSR count). The van der Waals surface area contributed by atoms with Crippen LogP contribution in [-0.4, -0.2) is 16.1 Å². The van der Waals surface area contributed by atoms with Crippen molar-refractivity contribution in [3.05, 3.63) is 43.8 Å². The lowest BCUT2D eigenvalue weighted by Gasteiger charge is -1.99. The van der Waals surface area contributed by atoms with Gasteiger partial charge in [-0.3, -0.25) is 10.1 Å². The summed E-state index contributed by atoms with van der Waals surface area (Å²) in [5.41, 5.74) is 0.713. The minimum atomic E-state index is -0.118. The fourth-order valence-electron chi connectivity index (χ4n) is 1.87. The predicted octanol–water partition coefficient (Wildman–Crippen LogP) is 4.82. The molecule has 3 aromatic rings. The van der Waals surface area contributed by atoms with Crippen LogP contribution >= 0.6 is 45.8 Å². The van der Waals surface area contributed by atoms with Gasteiger partial charge in [0.1, 0.15) is 0 Å². The molecule has 0 fully saturated rings. The van der Waals surface area contributed by atoms with E-state index in [1.165, 1.54) is 16.2 Å². The van der Waals surface area contributed by atoms with Gasteiger partial charge in [-0.05, 0) is 31.4 Å². The van der Waals surface area contributed by atoms with E-state index in [9.17, 15) is 4.79 Å². The molecule has 0 unspecified atom stereocenters. The molecular formula is C14H13N3OS4. The Morgan fingerprint density at radius 2 is 2.18 bits per heavy atom. The van der Waals surface area contributed by atoms with Gasteiger partial charge in [0.25, 0.3) is 5.91 Å². The van der Waals surface area contributed by atoms with E-state index in [1.807, 2.05) is 26.0 Å². The van der Waals surface area contributed by atoms with Crippen molar-refractivity contribution in [2.24, 2.45) is 0 Å². The lowest BCUT2D eigenvalue weighted by molar-refractivity contribution is 0.102. The Morgan fingerprint density at radius 3 is 2.86 bits per heavy atom. The fraction of sp³-hybridized carbons (Fsp3) is 0.214. The van der Waals surface area contributed by atoms with Crippen LogP contribution in [0.5, 0.6) is 0 Å². The highest BCUT2D eigenvalue weighted by molar-refractivity contribution is 8.00. The molecule has 0 aliphatic heterocycles. The first kappa shape index (κ1) is 15.7. The number of hydrogen-bond acceptors (Lipinski definition) is 7. The Morgan fingerprint density at radius 1 is 1.32 bits per heavy atom. The third-order valence-electron chi connectivity index (χ3n) is 2.83. The molecule has 3 heterocycles. The van der Waals surface area contributed by atoms with Gasteiger partial charge >= 0.3 is 0 Å². The first-order chi connectivity index (χ1) is 10.6. The maximum absolute atomic E-state index is 12.2. The Bertz CT molecular complexity index is 776. The van der Waals surface area contributed by atoms with Crippen molar-refractivity contribution in [3.8, 4) is 0 Å². The summed E-state index contributed by atoms with van der Waals surface area (Å²) in [6, 6.07) is 6.05. The molecule has 0 spiro atoms. The van der Waals surface area contributed by atoms with Crippen LogP contribution in [0.25, 0.3) is 0 Å². The van der Waals surface area contributed by atoms with Crippen LogP contribution in [-0.2, 0) is 5.75 Å². The van der Waals surface area contributed by atoms with E-state index in [1.54, 1.807) is 34.4 Å². The number of nitrogens with one attached hydrogen (secondary N) is 1. The molecule has 0 atom stereocenters. The van der Waals surface area contributed by atoms with E-state index >= 15 is 0 Å². The molecule has 0 aliphatic rings. The molecule has 1 N–H and O–H groups in total. The molecule has 0 bridgehead atoms. The quantitative estimate of drug-likeness (QED) is 0.519. The number of rotatable bonds is 5. The number of hydrogen-bond donors (Lipinski definition) is 1. The monoisotopic (exact) mass is 367 g/mol. The number of thioether (sulfide) groups is 1. The third-order valence-corrected chi connectivity index (χ3v) is 6.88. The van der Waals surface area contributed by atoms with Gasteiger partial charge < -0.3 is 0 Å². The summed E-state index contributed by atoms with van der Waals surface area (Å²) in [7, 11) is 0. The molecule has 0 radical (unpaired) electrons. The number of carbonyl (C=O) groups is 1. The molecule has 0 aromatic carbocycles. The van der Waals surface area contributed by atoms with Gasteiger partial charge in [0.2, 0.25) is 5.13 Å². The van der Waals surface area contributed by atoms with Gasteiger partial charge in [-0.25, -0.2) is 0 Å². The minimum absolute atomic E-state index is 0.118. The van der Waals surface area contributed by atoms with Gasteiger partial charge in [0, 0.05) is 20.4 Å². The molecule has 3 aromatic heterocycles. The largest absolute Gasteiger partial charge is 0.296 e. The summed E-state index contributed by atoms with van der Waals surface area (Å²) < 4.78 is 0.863. The summed E-state index contributed by atoms with van der Waals surface area (Å²) >= 11 is 6.39. The van der Waals surface area contributed by atoms with E-state index in [-0.39, 0.29) is 5.91 Å². The zero-order valence-corrected chi connectivity index (χ0v) is 15.2. The second-order valence-corrected chi connectivity index (χ2v) is 9.21. The lowest BCUT2D eigenvalue weighted by atomic mass is 10.2. The van der Waals surface area contributed by atoms with Crippen LogP contribution in [0.2, 0.25) is 0 Å². The smallest absolute Gasteiger partial charge is 0.258 e. The first-order valence-corrected chi connectivity index (χ1v) is 9.98. The van der Waals surface area contributed by atoms with E-state index < -0.39 is 0 Å². The van der Waals surface area contributed by atoms with Gasteiger partial charge in [-0.15, -0.1) is 32.9 Å². The topological polar surface area (TPSA) is 54.9 Å². The molecule has 0 aliphatic carbocycles. The van der Waals surface area contributed by atoms with Crippen molar-refractivity contribution < 1.29 is 4.79 Å². The van der Waals surface area contributed by atoms with E-state index in [4.69, 9.17) is 0 Å². The molecule has 8 heteroatoms. The summed E-state index contributed by atoms with van der Waals surface area (Å²) in [4.78, 5) is 15.7. The highest BCUT2D eigenvalue weighted by atomic mass is 32.2. The summed E-state index contributed by atoms with van der Waals surface area (Å²) in [6.45, 7) is 3.95. The molecule has 114 valence electrons. The number of anilines is 1. The molecule has 22 heavy (non-hydrogen) atoms. The van der Waals surface area contributed by atoms with Crippen molar-refractivity contribution in [2.45, 2.75) is 23.9 Å². The number of thiophene rings is 2. The van der Waals surface area contributed by atoms with Crippen LogP contribution in [0, 0.1) is 13.8 Å². The van der Waals surface area contributed by atoms with Gasteiger partial charge in [-0.2, -0.15) is 0 Å². The SMILES string of the molecule is Cc1cc(C(=O)Nc2nnc(SCc3cccs3)s2)c(C)s1. The number of aromatic nitrogens is 2. The van der Waals surface area contributed by atoms with Crippen LogP contribution in [0.3, 0.4) is 0 Å². The van der Waals surface area contributed by atoms with Crippen LogP contribution in [0.4, 0.5) is 5.13 Å². The third kappa shape index (κ3) is 3.75. The van der Waals surface area contributed by atoms with E-state index in [0.29, 0.717) is 10.7 Å². The molecular weight excluding hydrogens is 354 g/mol. The summed E-state index contributed by atoms with van der Waals surface area (Å²) in [5.74, 6) is 0.760. The Kier molecular flexibility index (Phi) is 4.92. The Hall–Kier alpha value is -1.22. The average molecular weight is 368 g/mol. The van der Waals surface area contributed by atoms with Gasteiger partial charge in [-0.1, -0.05) is 29.2 Å². The van der Waals surface area contributed by atoms with E-state index in [2.05, 4.69) is 27.0 Å². The van der Waals surface area contributed by atoms with Crippen molar-refractivity contribution in [2.75, 3.05) is 5.32 Å². The zero-order valence-electron chi connectivity index (χ0n) is 12.0. The van der Waals surface area contributed by atoms with Crippen molar-refractivity contribution in [1.82, 2.24) is 10.2 Å². The number of nitrogens with zero attached hydrogens (tertiary/aromatic N) is 2. The fourth-order valence-corrected chi connectivity index (χ4v) is 5.31. The average Bonchev–Trinajstić information content (AvgIpc) is 3.18. The van der Waals surface area contributed by atoms with Crippen molar-refractivity contribution in [1.29, 1.82) is 0 Å². The normalized spacial score (nSPS) is 10.8. The van der Waals surface area contributed by atoms with Gasteiger partial charge in [0.15, 0.2) is 4.34 Å². The molecule has 1 amide bonds. The van der Waals surface area contributed by atoms with E-state index in [0.717, 1.165) is 19.8 Å². The Balaban J connectivity index is 1.61. The van der Waals surface area contributed by atoms with Gasteiger partial charge in [0.05, 0.1) is 5.56 Å². The number of amides is 1. The van der Waals surface area contributed by atoms with Crippen LogP contribution in [0.1, 0.15) is 25.0 Å². The van der Waals surface area contributed by atoms with Crippen LogP contribution in [0.15, 0.2) is 27.9 Å².